The Morgan fingerprint density at radius 3 is 3.00 bits per heavy atom. The van der Waals surface area contributed by atoms with Crippen LogP contribution in [0.15, 0.2) is 18.3 Å². The molecule has 1 aromatic rings. The van der Waals surface area contributed by atoms with Crippen LogP contribution in [0.4, 0.5) is 0 Å². The molecule has 4 nitrogen and oxygen atoms in total. The minimum atomic E-state index is -0.0578. The van der Waals surface area contributed by atoms with Crippen LogP contribution in [0.3, 0.4) is 0 Å². The number of carbonyl (C=O) groups is 1. The lowest BCUT2D eigenvalue weighted by Crippen LogP contribution is -2.25. The van der Waals surface area contributed by atoms with E-state index in [0.717, 1.165) is 18.5 Å². The summed E-state index contributed by atoms with van der Waals surface area (Å²) in [5.74, 6) is -0.0578. The van der Waals surface area contributed by atoms with Crippen molar-refractivity contribution in [2.45, 2.75) is 19.8 Å². The van der Waals surface area contributed by atoms with Crippen molar-refractivity contribution in [3.05, 3.63) is 29.6 Å². The van der Waals surface area contributed by atoms with Crippen LogP contribution in [0.5, 0.6) is 0 Å². The van der Waals surface area contributed by atoms with Crippen LogP contribution in [0.25, 0.3) is 0 Å². The summed E-state index contributed by atoms with van der Waals surface area (Å²) < 4.78 is 0. The molecule has 0 aromatic carbocycles. The lowest BCUT2D eigenvalue weighted by atomic mass is 10.2. The first-order valence-electron chi connectivity index (χ1n) is 5.15. The minimum absolute atomic E-state index is 0.0578. The Labute approximate surface area is 89.9 Å². The fourth-order valence-corrected chi connectivity index (χ4v) is 1.29. The highest BCUT2D eigenvalue weighted by atomic mass is 16.1. The Hall–Kier alpha value is -1.42. The van der Waals surface area contributed by atoms with Gasteiger partial charge in [0.05, 0.1) is 5.56 Å². The van der Waals surface area contributed by atoms with E-state index in [1.165, 1.54) is 0 Å². The van der Waals surface area contributed by atoms with E-state index in [2.05, 4.69) is 10.3 Å². The predicted octanol–water partition coefficient (Wildman–Crippen LogP) is 0.859. The SMILES string of the molecule is Cc1ncccc1C(=O)NCCCCN. The third-order valence-corrected chi connectivity index (χ3v) is 2.17. The van der Waals surface area contributed by atoms with E-state index >= 15 is 0 Å². The van der Waals surface area contributed by atoms with Gasteiger partial charge in [-0.15, -0.1) is 0 Å². The fourth-order valence-electron chi connectivity index (χ4n) is 1.29. The second-order valence-electron chi connectivity index (χ2n) is 3.39. The van der Waals surface area contributed by atoms with E-state index in [9.17, 15) is 4.79 Å². The van der Waals surface area contributed by atoms with Crippen LogP contribution in [0.1, 0.15) is 28.9 Å². The smallest absolute Gasteiger partial charge is 0.253 e. The van der Waals surface area contributed by atoms with Crippen molar-refractivity contribution < 1.29 is 4.79 Å². The summed E-state index contributed by atoms with van der Waals surface area (Å²) >= 11 is 0. The average molecular weight is 207 g/mol. The molecule has 1 aromatic heterocycles. The van der Waals surface area contributed by atoms with Crippen LogP contribution in [0.2, 0.25) is 0 Å². The van der Waals surface area contributed by atoms with Crippen molar-refractivity contribution in [2.24, 2.45) is 5.73 Å². The van der Waals surface area contributed by atoms with Crippen LogP contribution in [-0.2, 0) is 0 Å². The Kier molecular flexibility index (Phi) is 4.77. The third kappa shape index (κ3) is 3.67. The first-order chi connectivity index (χ1) is 7.25. The Morgan fingerprint density at radius 2 is 2.33 bits per heavy atom. The molecule has 4 heteroatoms. The Bertz CT molecular complexity index is 325. The number of aromatic nitrogens is 1. The highest BCUT2D eigenvalue weighted by molar-refractivity contribution is 5.95. The number of rotatable bonds is 5. The number of nitrogens with zero attached hydrogens (tertiary/aromatic N) is 1. The van der Waals surface area contributed by atoms with E-state index in [1.54, 1.807) is 18.3 Å². The molecule has 1 amide bonds. The summed E-state index contributed by atoms with van der Waals surface area (Å²) in [7, 11) is 0. The molecule has 0 aliphatic carbocycles. The molecule has 0 atom stereocenters. The molecule has 3 N–H and O–H groups in total. The molecule has 0 spiro atoms. The van der Waals surface area contributed by atoms with Crippen LogP contribution < -0.4 is 11.1 Å². The molecule has 0 aliphatic heterocycles. The largest absolute Gasteiger partial charge is 0.352 e. The molecule has 82 valence electrons. The molecule has 0 aliphatic rings. The molecule has 0 bridgehead atoms. The summed E-state index contributed by atoms with van der Waals surface area (Å²) in [6, 6.07) is 3.54. The first-order valence-corrected chi connectivity index (χ1v) is 5.15. The summed E-state index contributed by atoms with van der Waals surface area (Å²) in [4.78, 5) is 15.7. The maximum absolute atomic E-state index is 11.6. The predicted molar refractivity (Wildman–Crippen MR) is 59.6 cm³/mol. The molecular weight excluding hydrogens is 190 g/mol. The van der Waals surface area contributed by atoms with Gasteiger partial charge in [0.25, 0.3) is 5.91 Å². The van der Waals surface area contributed by atoms with Crippen molar-refractivity contribution in [2.75, 3.05) is 13.1 Å². The molecule has 0 radical (unpaired) electrons. The van der Waals surface area contributed by atoms with Gasteiger partial charge in [-0.1, -0.05) is 0 Å². The van der Waals surface area contributed by atoms with Crippen LogP contribution in [-0.4, -0.2) is 24.0 Å². The van der Waals surface area contributed by atoms with E-state index in [4.69, 9.17) is 5.73 Å². The first kappa shape index (κ1) is 11.7. The number of hydrogen-bond acceptors (Lipinski definition) is 3. The van der Waals surface area contributed by atoms with Gasteiger partial charge < -0.3 is 11.1 Å². The number of amides is 1. The van der Waals surface area contributed by atoms with Gasteiger partial charge in [0.15, 0.2) is 0 Å². The number of carbonyl (C=O) groups excluding carboxylic acids is 1. The number of hydrogen-bond donors (Lipinski definition) is 2. The van der Waals surface area contributed by atoms with Gasteiger partial charge in [0.1, 0.15) is 0 Å². The van der Waals surface area contributed by atoms with E-state index in [-0.39, 0.29) is 5.91 Å². The van der Waals surface area contributed by atoms with E-state index < -0.39 is 0 Å². The lowest BCUT2D eigenvalue weighted by Gasteiger charge is -2.06. The Morgan fingerprint density at radius 1 is 1.53 bits per heavy atom. The summed E-state index contributed by atoms with van der Waals surface area (Å²) in [6.45, 7) is 3.17. The summed E-state index contributed by atoms with van der Waals surface area (Å²) in [5.41, 5.74) is 6.76. The van der Waals surface area contributed by atoms with Gasteiger partial charge in [-0.2, -0.15) is 0 Å². The third-order valence-electron chi connectivity index (χ3n) is 2.17. The molecule has 0 fully saturated rings. The molecule has 0 unspecified atom stereocenters. The molecule has 0 saturated carbocycles. The quantitative estimate of drug-likeness (QED) is 0.704. The van der Waals surface area contributed by atoms with Crippen LogP contribution in [0, 0.1) is 6.92 Å². The standard InChI is InChI=1S/C11H17N3O/c1-9-10(5-4-8-13-9)11(15)14-7-3-2-6-12/h4-5,8H,2-3,6-7,12H2,1H3,(H,14,15). The number of pyridine rings is 1. The number of nitrogens with one attached hydrogen (secondary N) is 1. The van der Waals surface area contributed by atoms with Crippen molar-refractivity contribution in [3.8, 4) is 0 Å². The maximum Gasteiger partial charge on any atom is 0.253 e. The fraction of sp³-hybridized carbons (Fsp3) is 0.455. The normalized spacial score (nSPS) is 10.0. The minimum Gasteiger partial charge on any atom is -0.352 e. The highest BCUT2D eigenvalue weighted by Gasteiger charge is 2.07. The average Bonchev–Trinajstić information content (AvgIpc) is 2.25. The molecular formula is C11H17N3O. The molecule has 1 rings (SSSR count). The second kappa shape index (κ2) is 6.14. The molecule has 1 heterocycles. The molecule has 15 heavy (non-hydrogen) atoms. The summed E-state index contributed by atoms with van der Waals surface area (Å²) in [6.07, 6.45) is 3.54. The maximum atomic E-state index is 11.6. The second-order valence-corrected chi connectivity index (χ2v) is 3.39. The monoisotopic (exact) mass is 207 g/mol. The Balaban J connectivity index is 2.44. The van der Waals surface area contributed by atoms with Crippen molar-refractivity contribution in [1.82, 2.24) is 10.3 Å². The van der Waals surface area contributed by atoms with Crippen molar-refractivity contribution >= 4 is 5.91 Å². The van der Waals surface area contributed by atoms with E-state index in [1.807, 2.05) is 6.92 Å². The zero-order valence-corrected chi connectivity index (χ0v) is 8.99. The number of nitrogens with two attached hydrogens (primary N) is 1. The van der Waals surface area contributed by atoms with Gasteiger partial charge >= 0.3 is 0 Å². The number of unbranched alkanes of at least 4 members (excludes halogenated alkanes) is 1. The van der Waals surface area contributed by atoms with Gasteiger partial charge in [-0.05, 0) is 38.4 Å². The zero-order valence-electron chi connectivity index (χ0n) is 8.99. The van der Waals surface area contributed by atoms with Gasteiger partial charge in [0, 0.05) is 18.4 Å². The van der Waals surface area contributed by atoms with E-state index in [0.29, 0.717) is 18.7 Å². The van der Waals surface area contributed by atoms with Gasteiger partial charge in [0.2, 0.25) is 0 Å². The van der Waals surface area contributed by atoms with Gasteiger partial charge in [-0.25, -0.2) is 0 Å². The topological polar surface area (TPSA) is 68.0 Å². The molecule has 0 saturated heterocycles. The van der Waals surface area contributed by atoms with Gasteiger partial charge in [-0.3, -0.25) is 9.78 Å². The lowest BCUT2D eigenvalue weighted by molar-refractivity contribution is 0.0952. The highest BCUT2D eigenvalue weighted by Crippen LogP contribution is 2.02. The van der Waals surface area contributed by atoms with Crippen molar-refractivity contribution in [1.29, 1.82) is 0 Å². The number of aryl methyl sites for hydroxylation is 1. The summed E-state index contributed by atoms with van der Waals surface area (Å²) in [5, 5.41) is 2.84. The van der Waals surface area contributed by atoms with Crippen molar-refractivity contribution in [3.63, 3.8) is 0 Å². The zero-order chi connectivity index (χ0) is 11.1. The van der Waals surface area contributed by atoms with Crippen LogP contribution >= 0.6 is 0 Å².